The zero-order chi connectivity index (χ0) is 19.5. The molecule has 0 aliphatic heterocycles. The summed E-state index contributed by atoms with van der Waals surface area (Å²) < 4.78 is 23.6. The molecule has 0 fully saturated rings. The molecule has 0 aliphatic carbocycles. The molecule has 0 N–H and O–H groups in total. The Labute approximate surface area is 158 Å². The molecule has 0 saturated heterocycles. The number of sulfone groups is 1. The molecule has 5 nitrogen and oxygen atoms in total. The third-order valence-electron chi connectivity index (χ3n) is 3.92. The number of hydrogen-bond donors (Lipinski definition) is 0. The fourth-order valence-electron chi connectivity index (χ4n) is 2.42. The Morgan fingerprint density at radius 3 is 2.31 bits per heavy atom. The van der Waals surface area contributed by atoms with E-state index in [1.54, 1.807) is 29.2 Å². The number of amides is 1. The average Bonchev–Trinajstić information content (AvgIpc) is 2.58. The van der Waals surface area contributed by atoms with Gasteiger partial charge in [-0.05, 0) is 49.7 Å². The van der Waals surface area contributed by atoms with Gasteiger partial charge in [0, 0.05) is 18.8 Å². The third kappa shape index (κ3) is 4.63. The van der Waals surface area contributed by atoms with Crippen LogP contribution in [-0.2, 0) is 16.4 Å². The van der Waals surface area contributed by atoms with E-state index in [1.165, 1.54) is 18.2 Å². The number of carbonyl (C=O) groups excluding carboxylic acids is 1. The van der Waals surface area contributed by atoms with E-state index in [0.717, 1.165) is 11.8 Å². The van der Waals surface area contributed by atoms with Gasteiger partial charge < -0.3 is 4.90 Å². The van der Waals surface area contributed by atoms with Gasteiger partial charge >= 0.3 is 0 Å². The van der Waals surface area contributed by atoms with Crippen molar-refractivity contribution in [3.63, 3.8) is 0 Å². The van der Waals surface area contributed by atoms with Crippen LogP contribution < -0.4 is 0 Å². The maximum absolute atomic E-state index is 13.0. The van der Waals surface area contributed by atoms with Crippen LogP contribution in [-0.4, -0.2) is 31.5 Å². The summed E-state index contributed by atoms with van der Waals surface area (Å²) in [7, 11) is -3.45. The van der Waals surface area contributed by atoms with E-state index in [4.69, 9.17) is 16.9 Å². The first kappa shape index (κ1) is 20.0. The lowest BCUT2D eigenvalue weighted by atomic mass is 10.1. The summed E-state index contributed by atoms with van der Waals surface area (Å²) in [5, 5.41) is 9.08. The Bertz CT molecular complexity index is 961. The Hall–Kier alpha value is -2.36. The van der Waals surface area contributed by atoms with Crippen LogP contribution in [0.1, 0.15) is 35.3 Å². The van der Waals surface area contributed by atoms with Crippen LogP contribution in [0.3, 0.4) is 0 Å². The van der Waals surface area contributed by atoms with Gasteiger partial charge in [-0.25, -0.2) is 8.42 Å². The van der Waals surface area contributed by atoms with Crippen molar-refractivity contribution in [1.82, 2.24) is 4.90 Å². The molecule has 0 radical (unpaired) electrons. The summed E-state index contributed by atoms with van der Waals surface area (Å²) in [5.74, 6) is -0.347. The number of nitriles is 1. The first-order valence-corrected chi connectivity index (χ1v) is 10.2. The molecule has 0 spiro atoms. The van der Waals surface area contributed by atoms with E-state index in [1.807, 2.05) is 13.8 Å². The van der Waals surface area contributed by atoms with Crippen LogP contribution in [0.25, 0.3) is 0 Å². The van der Waals surface area contributed by atoms with E-state index in [-0.39, 0.29) is 27.4 Å². The minimum Gasteiger partial charge on any atom is -0.332 e. The Balaban J connectivity index is 2.38. The fourth-order valence-corrected chi connectivity index (χ4v) is 3.27. The lowest BCUT2D eigenvalue weighted by Gasteiger charge is -2.27. The molecule has 0 aliphatic rings. The van der Waals surface area contributed by atoms with E-state index in [0.29, 0.717) is 12.1 Å². The van der Waals surface area contributed by atoms with Gasteiger partial charge in [-0.1, -0.05) is 23.7 Å². The molecule has 1 amide bonds. The highest BCUT2D eigenvalue weighted by molar-refractivity contribution is 7.90. The SMILES string of the molecule is CC(C)N(Cc1ccc(C#N)cc1)C(=O)c1cc(S(C)(=O)=O)ccc1Cl. The highest BCUT2D eigenvalue weighted by Crippen LogP contribution is 2.24. The van der Waals surface area contributed by atoms with Gasteiger partial charge in [-0.2, -0.15) is 5.26 Å². The molecule has 0 atom stereocenters. The monoisotopic (exact) mass is 390 g/mol. The quantitative estimate of drug-likeness (QED) is 0.780. The van der Waals surface area contributed by atoms with Crippen LogP contribution in [0.5, 0.6) is 0 Å². The normalized spacial score (nSPS) is 11.2. The topological polar surface area (TPSA) is 78.2 Å². The van der Waals surface area contributed by atoms with Crippen LogP contribution in [0.15, 0.2) is 47.4 Å². The molecule has 2 aromatic carbocycles. The van der Waals surface area contributed by atoms with E-state index in [2.05, 4.69) is 6.07 Å². The van der Waals surface area contributed by atoms with E-state index < -0.39 is 9.84 Å². The average molecular weight is 391 g/mol. The van der Waals surface area contributed by atoms with Gasteiger partial charge in [0.1, 0.15) is 0 Å². The minimum absolute atomic E-state index is 0.0485. The third-order valence-corrected chi connectivity index (χ3v) is 5.36. The molecule has 0 unspecified atom stereocenters. The number of carbonyl (C=O) groups is 1. The van der Waals surface area contributed by atoms with Crippen molar-refractivity contribution in [2.75, 3.05) is 6.26 Å². The number of rotatable bonds is 5. The molecular formula is C19H19ClN2O3S. The maximum atomic E-state index is 13.0. The van der Waals surface area contributed by atoms with Gasteiger partial charge in [0.05, 0.1) is 27.1 Å². The van der Waals surface area contributed by atoms with Crippen LogP contribution in [0, 0.1) is 11.3 Å². The van der Waals surface area contributed by atoms with E-state index in [9.17, 15) is 13.2 Å². The van der Waals surface area contributed by atoms with Crippen LogP contribution >= 0.6 is 11.6 Å². The largest absolute Gasteiger partial charge is 0.332 e. The number of hydrogen-bond acceptors (Lipinski definition) is 4. The molecule has 136 valence electrons. The minimum atomic E-state index is -3.45. The highest BCUT2D eigenvalue weighted by atomic mass is 35.5. The fraction of sp³-hybridized carbons (Fsp3) is 0.263. The molecule has 2 aromatic rings. The summed E-state index contributed by atoms with van der Waals surface area (Å²) in [6, 6.07) is 13.0. The lowest BCUT2D eigenvalue weighted by Crippen LogP contribution is -2.36. The molecule has 26 heavy (non-hydrogen) atoms. The smallest absolute Gasteiger partial charge is 0.255 e. The Morgan fingerprint density at radius 2 is 1.81 bits per heavy atom. The maximum Gasteiger partial charge on any atom is 0.255 e. The van der Waals surface area contributed by atoms with Crippen molar-refractivity contribution in [2.45, 2.75) is 31.3 Å². The van der Waals surface area contributed by atoms with E-state index >= 15 is 0 Å². The van der Waals surface area contributed by atoms with Gasteiger partial charge in [0.2, 0.25) is 0 Å². The van der Waals surface area contributed by atoms with Gasteiger partial charge in [0.15, 0.2) is 9.84 Å². The van der Waals surface area contributed by atoms with Gasteiger partial charge in [-0.15, -0.1) is 0 Å². The summed E-state index contributed by atoms with van der Waals surface area (Å²) >= 11 is 6.15. The van der Waals surface area contributed by atoms with Gasteiger partial charge in [0.25, 0.3) is 5.91 Å². The molecule has 0 heterocycles. The number of halogens is 1. The molecule has 0 saturated carbocycles. The van der Waals surface area contributed by atoms with Crippen molar-refractivity contribution in [2.24, 2.45) is 0 Å². The molecule has 2 rings (SSSR count). The molecular weight excluding hydrogens is 372 g/mol. The zero-order valence-corrected chi connectivity index (χ0v) is 16.3. The first-order valence-electron chi connectivity index (χ1n) is 7.93. The van der Waals surface area contributed by atoms with Gasteiger partial charge in [-0.3, -0.25) is 4.79 Å². The summed E-state index contributed by atoms with van der Waals surface area (Å²) in [6.45, 7) is 4.06. The highest BCUT2D eigenvalue weighted by Gasteiger charge is 2.23. The Kier molecular flexibility index (Phi) is 6.06. The predicted molar refractivity (Wildman–Crippen MR) is 101 cm³/mol. The van der Waals surface area contributed by atoms with Crippen molar-refractivity contribution in [3.8, 4) is 6.07 Å². The zero-order valence-electron chi connectivity index (χ0n) is 14.7. The molecule has 0 aromatic heterocycles. The summed E-state index contributed by atoms with van der Waals surface area (Å²) in [5.41, 5.74) is 1.55. The number of nitrogens with zero attached hydrogens (tertiary/aromatic N) is 2. The lowest BCUT2D eigenvalue weighted by molar-refractivity contribution is 0.0690. The van der Waals surface area contributed by atoms with Crippen molar-refractivity contribution >= 4 is 27.3 Å². The Morgan fingerprint density at radius 1 is 1.19 bits per heavy atom. The second kappa shape index (κ2) is 7.90. The van der Waals surface area contributed by atoms with Crippen molar-refractivity contribution in [3.05, 3.63) is 64.2 Å². The second-order valence-corrected chi connectivity index (χ2v) is 8.67. The molecule has 7 heteroatoms. The second-order valence-electron chi connectivity index (χ2n) is 6.25. The summed E-state index contributed by atoms with van der Waals surface area (Å²) in [4.78, 5) is 14.7. The standard InChI is InChI=1S/C19H19ClN2O3S/c1-13(2)22(12-15-6-4-14(11-21)5-7-15)19(23)17-10-16(26(3,24)25)8-9-18(17)20/h4-10,13H,12H2,1-3H3. The predicted octanol–water partition coefficient (Wildman–Crippen LogP) is 3.67. The van der Waals surface area contributed by atoms with Crippen molar-refractivity contribution in [1.29, 1.82) is 5.26 Å². The van der Waals surface area contributed by atoms with Crippen LogP contribution in [0.2, 0.25) is 5.02 Å². The van der Waals surface area contributed by atoms with Crippen LogP contribution in [0.4, 0.5) is 0 Å². The molecule has 0 bridgehead atoms. The number of benzene rings is 2. The first-order chi connectivity index (χ1) is 12.1. The van der Waals surface area contributed by atoms with Crippen molar-refractivity contribution < 1.29 is 13.2 Å². The summed E-state index contributed by atoms with van der Waals surface area (Å²) in [6.07, 6.45) is 1.08.